The summed E-state index contributed by atoms with van der Waals surface area (Å²) < 4.78 is 34.8. The van der Waals surface area contributed by atoms with E-state index in [0.717, 1.165) is 11.1 Å². The quantitative estimate of drug-likeness (QED) is 0.0505. The molecule has 0 spiro atoms. The molecule has 1 unspecified atom stereocenters. The van der Waals surface area contributed by atoms with Gasteiger partial charge in [0.05, 0.1) is 12.5 Å². The van der Waals surface area contributed by atoms with Gasteiger partial charge in [-0.25, -0.2) is 19.2 Å². The number of esters is 2. The molecule has 3 N–H and O–H groups in total. The SMILES string of the molecule is COc1c(OC(=O)[C@@H](CCSC)NC(=O)OC(C)(C)C)cc2oc3cc(OC(=O)C(CCSC)NC(=O)OC(C)(C)C)c(CC=C(C)C)c(O)c3c(=O)c2c1CC=C(C)C. The summed E-state index contributed by atoms with van der Waals surface area (Å²) in [6.45, 7) is 17.7. The summed E-state index contributed by atoms with van der Waals surface area (Å²) in [4.78, 5) is 67.7. The molecule has 0 radical (unpaired) electrons. The number of alkyl carbamates (subject to hydrolysis) is 2. The van der Waals surface area contributed by atoms with Crippen LogP contribution in [0.1, 0.15) is 93.2 Å². The molecule has 330 valence electrons. The number of thioether (sulfide) groups is 2. The normalized spacial score (nSPS) is 12.6. The van der Waals surface area contributed by atoms with Gasteiger partial charge in [0, 0.05) is 23.3 Å². The van der Waals surface area contributed by atoms with Crippen LogP contribution in [-0.4, -0.2) is 83.6 Å². The van der Waals surface area contributed by atoms with Gasteiger partial charge in [0.25, 0.3) is 0 Å². The number of methoxy groups -OCH3 is 1. The predicted molar refractivity (Wildman–Crippen MR) is 238 cm³/mol. The highest BCUT2D eigenvalue weighted by atomic mass is 32.2. The van der Waals surface area contributed by atoms with Gasteiger partial charge in [-0.05, 0) is 119 Å². The Morgan fingerprint density at radius 1 is 0.733 bits per heavy atom. The van der Waals surface area contributed by atoms with Crippen LogP contribution >= 0.6 is 23.5 Å². The minimum Gasteiger partial charge on any atom is -0.507 e. The summed E-state index contributed by atoms with van der Waals surface area (Å²) in [7, 11) is 1.37. The number of nitrogens with one attached hydrogen (secondary N) is 2. The van der Waals surface area contributed by atoms with Gasteiger partial charge >= 0.3 is 24.1 Å². The van der Waals surface area contributed by atoms with Crippen LogP contribution in [0.15, 0.2) is 44.6 Å². The Morgan fingerprint density at radius 2 is 1.17 bits per heavy atom. The van der Waals surface area contributed by atoms with E-state index in [-0.39, 0.29) is 70.4 Å². The molecular weight excluding hydrogens is 813 g/mol. The van der Waals surface area contributed by atoms with Gasteiger partial charge in [0.2, 0.25) is 5.43 Å². The van der Waals surface area contributed by atoms with E-state index < -0.39 is 58.6 Å². The van der Waals surface area contributed by atoms with Gasteiger partial charge in [0.1, 0.15) is 51.3 Å². The number of benzene rings is 2. The Kier molecular flexibility index (Phi) is 17.8. The molecule has 1 aromatic heterocycles. The average molecular weight is 873 g/mol. The Morgan fingerprint density at radius 3 is 1.60 bits per heavy atom. The summed E-state index contributed by atoms with van der Waals surface area (Å²) in [6, 6.07) is 0.462. The van der Waals surface area contributed by atoms with Crippen molar-refractivity contribution in [2.75, 3.05) is 31.1 Å². The summed E-state index contributed by atoms with van der Waals surface area (Å²) >= 11 is 2.95. The minimum atomic E-state index is -1.11. The smallest absolute Gasteiger partial charge is 0.408 e. The van der Waals surface area contributed by atoms with Gasteiger partial charge in [0.15, 0.2) is 11.5 Å². The first kappa shape index (κ1) is 49.5. The number of carbonyl (C=O) groups excluding carboxylic acids is 4. The molecule has 2 aromatic carbocycles. The van der Waals surface area contributed by atoms with Crippen molar-refractivity contribution < 1.29 is 52.4 Å². The fraction of sp³-hybridized carbons (Fsp3) is 0.523. The summed E-state index contributed by atoms with van der Waals surface area (Å²) in [5, 5.41) is 17.0. The number of phenolic OH excluding ortho intramolecular Hbond substituents is 1. The van der Waals surface area contributed by atoms with E-state index in [4.69, 9.17) is 28.1 Å². The second-order valence-corrected chi connectivity index (χ2v) is 18.5. The van der Waals surface area contributed by atoms with Crippen LogP contribution in [0.4, 0.5) is 9.59 Å². The molecule has 0 fully saturated rings. The van der Waals surface area contributed by atoms with E-state index in [1.807, 2.05) is 46.3 Å². The third kappa shape index (κ3) is 14.1. The topological polar surface area (TPSA) is 189 Å². The lowest BCUT2D eigenvalue weighted by atomic mass is 9.98. The highest BCUT2D eigenvalue weighted by molar-refractivity contribution is 7.98. The molecule has 3 rings (SSSR count). The zero-order chi connectivity index (χ0) is 45.1. The van der Waals surface area contributed by atoms with Crippen molar-refractivity contribution in [1.29, 1.82) is 0 Å². The second-order valence-electron chi connectivity index (χ2n) is 16.5. The summed E-state index contributed by atoms with van der Waals surface area (Å²) in [6.07, 6.45) is 6.46. The molecule has 2 atom stereocenters. The molecule has 16 heteroatoms. The van der Waals surface area contributed by atoms with Crippen molar-refractivity contribution in [3.8, 4) is 23.0 Å². The van der Waals surface area contributed by atoms with E-state index in [9.17, 15) is 29.1 Å². The zero-order valence-electron chi connectivity index (χ0n) is 37.0. The lowest BCUT2D eigenvalue weighted by Gasteiger charge is -2.23. The third-order valence-electron chi connectivity index (χ3n) is 8.54. The van der Waals surface area contributed by atoms with E-state index in [2.05, 4.69) is 10.6 Å². The number of hydrogen-bond acceptors (Lipinski definition) is 14. The third-order valence-corrected chi connectivity index (χ3v) is 9.83. The summed E-state index contributed by atoms with van der Waals surface area (Å²) in [5.41, 5.74) is -0.111. The predicted octanol–water partition coefficient (Wildman–Crippen LogP) is 8.78. The molecule has 0 saturated heterocycles. The Bertz CT molecular complexity index is 2170. The number of allylic oxidation sites excluding steroid dienone is 4. The number of fused-ring (bicyclic) bond motifs is 2. The number of carbonyl (C=O) groups is 4. The Hall–Kier alpha value is -4.83. The van der Waals surface area contributed by atoms with E-state index in [1.54, 1.807) is 47.6 Å². The first-order chi connectivity index (χ1) is 28.0. The molecule has 60 heavy (non-hydrogen) atoms. The number of rotatable bonds is 17. The molecule has 0 saturated carbocycles. The van der Waals surface area contributed by atoms with Gasteiger partial charge in [-0.3, -0.25) is 4.79 Å². The zero-order valence-corrected chi connectivity index (χ0v) is 38.6. The molecule has 3 aromatic rings. The molecule has 0 aliphatic heterocycles. The maximum Gasteiger partial charge on any atom is 0.408 e. The van der Waals surface area contributed by atoms with Crippen LogP contribution in [-0.2, 0) is 31.9 Å². The molecular formula is C44H60N2O12S2. The standard InChI is InChI=1S/C44H60N2O12S2/c1-24(2)14-16-26-30(55-39(49)28(18-20-59-12)45-41(51)57-43(5,6)7)22-32-35(36(26)47)37(48)34-27(17-15-25(3)4)38(53-11)33(23-31(34)54-32)56-40(50)29(19-21-60-13)46-42(52)58-44(8,9)10/h14-15,22-23,28-29,47H,16-21H2,1-13H3,(H,45,51)(H,46,52)/t28?,29-/m1/s1. The molecule has 1 heterocycles. The molecule has 0 aliphatic carbocycles. The molecule has 0 aliphatic rings. The largest absolute Gasteiger partial charge is 0.507 e. The van der Waals surface area contributed by atoms with Crippen molar-refractivity contribution >= 4 is 69.6 Å². The van der Waals surface area contributed by atoms with Crippen LogP contribution in [0.2, 0.25) is 0 Å². The lowest BCUT2D eigenvalue weighted by Crippen LogP contribution is -2.45. The van der Waals surface area contributed by atoms with Crippen molar-refractivity contribution in [1.82, 2.24) is 10.6 Å². The highest BCUT2D eigenvalue weighted by Crippen LogP contribution is 2.42. The fourth-order valence-corrected chi connectivity index (χ4v) is 6.77. The van der Waals surface area contributed by atoms with Crippen molar-refractivity contribution in [3.63, 3.8) is 0 Å². The van der Waals surface area contributed by atoms with Gasteiger partial charge in [-0.1, -0.05) is 23.3 Å². The Balaban J connectivity index is 2.31. The molecule has 0 bridgehead atoms. The van der Waals surface area contributed by atoms with Crippen LogP contribution in [0.3, 0.4) is 0 Å². The number of phenols is 1. The fourth-order valence-electron chi connectivity index (χ4n) is 5.83. The minimum absolute atomic E-state index is 0.0211. The number of ether oxygens (including phenoxy) is 5. The van der Waals surface area contributed by atoms with E-state index in [0.29, 0.717) is 17.1 Å². The average Bonchev–Trinajstić information content (AvgIpc) is 3.11. The number of amides is 2. The lowest BCUT2D eigenvalue weighted by molar-refractivity contribution is -0.137. The maximum atomic E-state index is 14.7. The monoisotopic (exact) mass is 872 g/mol. The van der Waals surface area contributed by atoms with Crippen LogP contribution in [0, 0.1) is 0 Å². The van der Waals surface area contributed by atoms with Crippen molar-refractivity contribution in [2.24, 2.45) is 0 Å². The number of aromatic hydroxyl groups is 1. The summed E-state index contributed by atoms with van der Waals surface area (Å²) in [5.74, 6) is -1.19. The van der Waals surface area contributed by atoms with Crippen molar-refractivity contribution in [3.05, 3.63) is 56.8 Å². The highest BCUT2D eigenvalue weighted by Gasteiger charge is 2.31. The second kappa shape index (κ2) is 21.6. The van der Waals surface area contributed by atoms with E-state index >= 15 is 0 Å². The van der Waals surface area contributed by atoms with Gasteiger partial charge in [-0.2, -0.15) is 23.5 Å². The molecule has 2 amide bonds. The maximum absolute atomic E-state index is 14.7. The number of hydrogen-bond donors (Lipinski definition) is 3. The molecule has 14 nitrogen and oxygen atoms in total. The van der Waals surface area contributed by atoms with Crippen LogP contribution in [0.25, 0.3) is 21.9 Å². The first-order valence-electron chi connectivity index (χ1n) is 19.5. The van der Waals surface area contributed by atoms with Crippen LogP contribution < -0.4 is 30.3 Å². The van der Waals surface area contributed by atoms with Crippen molar-refractivity contribution in [2.45, 2.75) is 118 Å². The van der Waals surface area contributed by atoms with Gasteiger partial charge < -0.3 is 43.8 Å². The van der Waals surface area contributed by atoms with Crippen LogP contribution in [0.5, 0.6) is 23.0 Å². The Labute approximate surface area is 360 Å². The van der Waals surface area contributed by atoms with Gasteiger partial charge in [-0.15, -0.1) is 0 Å². The first-order valence-corrected chi connectivity index (χ1v) is 22.3. The van der Waals surface area contributed by atoms with E-state index in [1.165, 1.54) is 42.8 Å².